The fourth-order valence-electron chi connectivity index (χ4n) is 2.01. The molecule has 0 saturated heterocycles. The normalized spacial score (nSPS) is 12.3. The molecule has 7 nitrogen and oxygen atoms in total. The Hall–Kier alpha value is -2.74. The summed E-state index contributed by atoms with van der Waals surface area (Å²) in [6.45, 7) is 0. The molecule has 1 aromatic carbocycles. The minimum absolute atomic E-state index is 0.0645. The van der Waals surface area contributed by atoms with E-state index >= 15 is 0 Å². The molecule has 0 unspecified atom stereocenters. The van der Waals surface area contributed by atoms with E-state index in [0.29, 0.717) is 0 Å². The van der Waals surface area contributed by atoms with Gasteiger partial charge in [0.05, 0.1) is 10.6 Å². The molecule has 0 saturated carbocycles. The van der Waals surface area contributed by atoms with Gasteiger partial charge in [-0.2, -0.15) is 0 Å². The van der Waals surface area contributed by atoms with Crippen molar-refractivity contribution in [2.45, 2.75) is 17.4 Å². The maximum Gasteiger partial charge on any atom is 0.326 e. The molecular formula is C16H16N2O5S. The van der Waals surface area contributed by atoms with Crippen molar-refractivity contribution in [2.24, 2.45) is 0 Å². The number of hydrogen-bond donors (Lipinski definition) is 2. The molecule has 0 fully saturated rings. The zero-order valence-electron chi connectivity index (χ0n) is 12.6. The highest BCUT2D eigenvalue weighted by Gasteiger charge is 2.24. The van der Waals surface area contributed by atoms with Crippen molar-refractivity contribution in [3.63, 3.8) is 0 Å². The monoisotopic (exact) mass is 348 g/mol. The highest BCUT2D eigenvalue weighted by atomic mass is 32.2. The molecule has 1 aromatic heterocycles. The summed E-state index contributed by atoms with van der Waals surface area (Å²) in [5, 5.41) is 11.5. The molecule has 2 aromatic rings. The zero-order chi connectivity index (χ0) is 17.6. The topological polar surface area (TPSA) is 113 Å². The number of nitrogens with zero attached hydrogens (tertiary/aromatic N) is 1. The van der Waals surface area contributed by atoms with E-state index in [9.17, 15) is 23.1 Å². The Balaban J connectivity index is 2.04. The van der Waals surface area contributed by atoms with E-state index < -0.39 is 33.5 Å². The quantitative estimate of drug-likeness (QED) is 0.775. The van der Waals surface area contributed by atoms with Crippen LogP contribution in [0.15, 0.2) is 59.6 Å². The SMILES string of the molecule is O=C(N[C@H](CCS(=O)(=O)c1ccccc1)C(=O)O)c1ccccn1. The molecule has 0 aliphatic carbocycles. The second-order valence-electron chi connectivity index (χ2n) is 5.00. The average molecular weight is 348 g/mol. The highest BCUT2D eigenvalue weighted by molar-refractivity contribution is 7.91. The number of amides is 1. The molecule has 1 atom stereocenters. The van der Waals surface area contributed by atoms with Crippen LogP contribution >= 0.6 is 0 Å². The third-order valence-electron chi connectivity index (χ3n) is 3.28. The first kappa shape index (κ1) is 17.6. The minimum atomic E-state index is -3.62. The number of hydrogen-bond acceptors (Lipinski definition) is 5. The Morgan fingerprint density at radius 3 is 2.33 bits per heavy atom. The summed E-state index contributed by atoms with van der Waals surface area (Å²) in [4.78, 5) is 27.2. The maximum absolute atomic E-state index is 12.2. The van der Waals surface area contributed by atoms with Crippen LogP contribution < -0.4 is 5.32 Å². The van der Waals surface area contributed by atoms with E-state index in [2.05, 4.69) is 10.3 Å². The van der Waals surface area contributed by atoms with E-state index in [1.807, 2.05) is 0 Å². The van der Waals surface area contributed by atoms with Gasteiger partial charge < -0.3 is 10.4 Å². The van der Waals surface area contributed by atoms with Crippen LogP contribution in [-0.2, 0) is 14.6 Å². The van der Waals surface area contributed by atoms with Gasteiger partial charge in [0.1, 0.15) is 11.7 Å². The van der Waals surface area contributed by atoms with Gasteiger partial charge in [-0.15, -0.1) is 0 Å². The van der Waals surface area contributed by atoms with Gasteiger partial charge in [0, 0.05) is 6.20 Å². The number of nitrogens with one attached hydrogen (secondary N) is 1. The first-order valence-corrected chi connectivity index (χ1v) is 8.78. The highest BCUT2D eigenvalue weighted by Crippen LogP contribution is 2.12. The predicted octanol–water partition coefficient (Wildman–Crippen LogP) is 1.13. The number of aliphatic carboxylic acids is 1. The number of aromatic nitrogens is 1. The Bertz CT molecular complexity index is 807. The Labute approximate surface area is 139 Å². The third-order valence-corrected chi connectivity index (χ3v) is 5.04. The number of rotatable bonds is 7. The summed E-state index contributed by atoms with van der Waals surface area (Å²) in [7, 11) is -3.62. The molecule has 2 rings (SSSR count). The molecule has 0 aliphatic heterocycles. The van der Waals surface area contributed by atoms with Crippen molar-refractivity contribution in [3.8, 4) is 0 Å². The fourth-order valence-corrected chi connectivity index (χ4v) is 3.36. The molecular weight excluding hydrogens is 332 g/mol. The van der Waals surface area contributed by atoms with E-state index in [0.717, 1.165) is 0 Å². The van der Waals surface area contributed by atoms with Crippen LogP contribution in [0.5, 0.6) is 0 Å². The molecule has 0 bridgehead atoms. The summed E-state index contributed by atoms with van der Waals surface area (Å²) in [5.74, 6) is -2.36. The molecule has 24 heavy (non-hydrogen) atoms. The van der Waals surface area contributed by atoms with Gasteiger partial charge in [-0.05, 0) is 30.7 Å². The Kier molecular flexibility index (Phi) is 5.64. The van der Waals surface area contributed by atoms with Gasteiger partial charge in [-0.3, -0.25) is 9.78 Å². The minimum Gasteiger partial charge on any atom is -0.480 e. The molecule has 1 amide bonds. The van der Waals surface area contributed by atoms with Crippen molar-refractivity contribution in [2.75, 3.05) is 5.75 Å². The predicted molar refractivity (Wildman–Crippen MR) is 86.2 cm³/mol. The summed E-state index contributed by atoms with van der Waals surface area (Å²) in [5.41, 5.74) is 0.0645. The van der Waals surface area contributed by atoms with Crippen molar-refractivity contribution in [1.29, 1.82) is 0 Å². The third kappa shape index (κ3) is 4.63. The van der Waals surface area contributed by atoms with E-state index in [4.69, 9.17) is 0 Å². The Morgan fingerprint density at radius 2 is 1.75 bits per heavy atom. The van der Waals surface area contributed by atoms with Gasteiger partial charge in [0.2, 0.25) is 0 Å². The molecule has 2 N–H and O–H groups in total. The van der Waals surface area contributed by atoms with Crippen LogP contribution in [0.1, 0.15) is 16.9 Å². The van der Waals surface area contributed by atoms with Crippen molar-refractivity contribution >= 4 is 21.7 Å². The number of pyridine rings is 1. The van der Waals surface area contributed by atoms with Crippen molar-refractivity contribution < 1.29 is 23.1 Å². The van der Waals surface area contributed by atoms with Gasteiger partial charge in [0.15, 0.2) is 9.84 Å². The molecule has 8 heteroatoms. The lowest BCUT2D eigenvalue weighted by Gasteiger charge is -2.14. The second kappa shape index (κ2) is 7.69. The number of carbonyl (C=O) groups excluding carboxylic acids is 1. The van der Waals surface area contributed by atoms with Gasteiger partial charge in [0.25, 0.3) is 5.91 Å². The maximum atomic E-state index is 12.2. The molecule has 1 heterocycles. The number of carboxylic acids is 1. The summed E-state index contributed by atoms with van der Waals surface area (Å²) in [6.07, 6.45) is 1.16. The fraction of sp³-hybridized carbons (Fsp3) is 0.188. The van der Waals surface area contributed by atoms with Crippen LogP contribution in [0.2, 0.25) is 0 Å². The first-order valence-electron chi connectivity index (χ1n) is 7.12. The van der Waals surface area contributed by atoms with Crippen molar-refractivity contribution in [1.82, 2.24) is 10.3 Å². The van der Waals surface area contributed by atoms with Crippen molar-refractivity contribution in [3.05, 3.63) is 60.4 Å². The number of carbonyl (C=O) groups is 2. The van der Waals surface area contributed by atoms with Crippen LogP contribution in [0.25, 0.3) is 0 Å². The van der Waals surface area contributed by atoms with Gasteiger partial charge in [-0.1, -0.05) is 24.3 Å². The van der Waals surface area contributed by atoms with Crippen LogP contribution in [0.4, 0.5) is 0 Å². The Morgan fingerprint density at radius 1 is 1.08 bits per heavy atom. The number of carboxylic acid groups (broad SMARTS) is 1. The lowest BCUT2D eigenvalue weighted by atomic mass is 10.2. The molecule has 0 radical (unpaired) electrons. The summed E-state index contributed by atoms with van der Waals surface area (Å²) < 4.78 is 24.4. The van der Waals surface area contributed by atoms with Crippen LogP contribution in [-0.4, -0.2) is 42.2 Å². The zero-order valence-corrected chi connectivity index (χ0v) is 13.4. The number of sulfone groups is 1. The van der Waals surface area contributed by atoms with Crippen LogP contribution in [0, 0.1) is 0 Å². The van der Waals surface area contributed by atoms with Gasteiger partial charge >= 0.3 is 5.97 Å². The summed E-state index contributed by atoms with van der Waals surface area (Å²) >= 11 is 0. The molecule has 0 spiro atoms. The van der Waals surface area contributed by atoms with E-state index in [1.54, 1.807) is 30.3 Å². The standard InChI is InChI=1S/C16H16N2O5S/c19-15(13-8-4-5-10-17-13)18-14(16(20)21)9-11-24(22,23)12-6-2-1-3-7-12/h1-8,10,14H,9,11H2,(H,18,19)(H,20,21)/t14-/m1/s1. The lowest BCUT2D eigenvalue weighted by molar-refractivity contribution is -0.139. The van der Waals surface area contributed by atoms with Gasteiger partial charge in [-0.25, -0.2) is 13.2 Å². The smallest absolute Gasteiger partial charge is 0.326 e. The summed E-state index contributed by atoms with van der Waals surface area (Å²) in [6, 6.07) is 11.1. The first-order chi connectivity index (χ1) is 11.4. The second-order valence-corrected chi connectivity index (χ2v) is 7.11. The van der Waals surface area contributed by atoms with E-state index in [1.165, 1.54) is 24.4 Å². The molecule has 126 valence electrons. The lowest BCUT2D eigenvalue weighted by Crippen LogP contribution is -2.42. The largest absolute Gasteiger partial charge is 0.480 e. The number of benzene rings is 1. The van der Waals surface area contributed by atoms with Crippen LogP contribution in [0.3, 0.4) is 0 Å². The average Bonchev–Trinajstić information content (AvgIpc) is 2.59. The van der Waals surface area contributed by atoms with E-state index in [-0.39, 0.29) is 17.0 Å². The molecule has 0 aliphatic rings.